The minimum atomic E-state index is -0.966. The maximum Gasteiger partial charge on any atom is 0.328 e. The number of carboxylic acid groups (broad SMARTS) is 1. The second-order valence-corrected chi connectivity index (χ2v) is 5.80. The third-order valence-corrected chi connectivity index (χ3v) is 3.88. The van der Waals surface area contributed by atoms with Crippen LogP contribution in [0.3, 0.4) is 0 Å². The fourth-order valence-corrected chi connectivity index (χ4v) is 2.61. The maximum absolute atomic E-state index is 10.6. The summed E-state index contributed by atoms with van der Waals surface area (Å²) in [4.78, 5) is 19.7. The third-order valence-electron chi connectivity index (χ3n) is 3.88. The van der Waals surface area contributed by atoms with E-state index in [1.165, 1.54) is 0 Å². The van der Waals surface area contributed by atoms with Crippen molar-refractivity contribution in [1.29, 1.82) is 0 Å². The van der Waals surface area contributed by atoms with Gasteiger partial charge in [0.15, 0.2) is 0 Å². The van der Waals surface area contributed by atoms with Crippen LogP contribution in [0.2, 0.25) is 0 Å². The quantitative estimate of drug-likeness (QED) is 0.565. The van der Waals surface area contributed by atoms with Crippen molar-refractivity contribution in [1.82, 2.24) is 14.5 Å². The van der Waals surface area contributed by atoms with Gasteiger partial charge < -0.3 is 20.3 Å². The van der Waals surface area contributed by atoms with Gasteiger partial charge in [-0.15, -0.1) is 0 Å². The van der Waals surface area contributed by atoms with E-state index in [0.717, 1.165) is 47.0 Å². The lowest BCUT2D eigenvalue weighted by Gasteiger charge is -2.11. The minimum Gasteiger partial charge on any atom is -0.478 e. The lowest BCUT2D eigenvalue weighted by Crippen LogP contribution is -2.06. The number of hydrogen-bond donors (Lipinski definition) is 3. The molecule has 0 aliphatic carbocycles. The largest absolute Gasteiger partial charge is 0.478 e. The van der Waals surface area contributed by atoms with Gasteiger partial charge in [0.05, 0.1) is 5.52 Å². The number of nitrogens with one attached hydrogen (secondary N) is 2. The molecule has 26 heavy (non-hydrogen) atoms. The van der Waals surface area contributed by atoms with Crippen LogP contribution in [0.1, 0.15) is 18.9 Å². The van der Waals surface area contributed by atoms with Crippen molar-refractivity contribution >= 4 is 34.7 Å². The molecule has 0 radical (unpaired) electrons. The average molecular weight is 351 g/mol. The second-order valence-electron chi connectivity index (χ2n) is 5.80. The Hall–Kier alpha value is -3.35. The summed E-state index contributed by atoms with van der Waals surface area (Å²) >= 11 is 0. The van der Waals surface area contributed by atoms with Crippen LogP contribution in [0.4, 0.5) is 11.8 Å². The Kier molecular flexibility index (Phi) is 5.17. The fraction of sp³-hybridized carbons (Fsp3) is 0.211. The summed E-state index contributed by atoms with van der Waals surface area (Å²) in [5, 5.41) is 16.0. The molecule has 0 saturated heterocycles. The number of fused-ring (bicyclic) bond motifs is 1. The SMILES string of the molecule is CCCNc1nc(NC)nc2cc(-n3ccc(/C=C/C(=O)O)c3)ccc12. The van der Waals surface area contributed by atoms with Crippen molar-refractivity contribution < 1.29 is 9.90 Å². The number of benzene rings is 1. The zero-order chi connectivity index (χ0) is 18.5. The van der Waals surface area contributed by atoms with Gasteiger partial charge in [-0.3, -0.25) is 0 Å². The highest BCUT2D eigenvalue weighted by atomic mass is 16.4. The molecule has 0 atom stereocenters. The Morgan fingerprint density at radius 1 is 1.31 bits per heavy atom. The maximum atomic E-state index is 10.6. The Morgan fingerprint density at radius 2 is 2.15 bits per heavy atom. The summed E-state index contributed by atoms with van der Waals surface area (Å²) < 4.78 is 1.93. The van der Waals surface area contributed by atoms with E-state index in [4.69, 9.17) is 5.11 Å². The first kappa shape index (κ1) is 17.5. The topological polar surface area (TPSA) is 92.1 Å². The summed E-state index contributed by atoms with van der Waals surface area (Å²) in [6, 6.07) is 7.83. The van der Waals surface area contributed by atoms with Gasteiger partial charge in [0.2, 0.25) is 5.95 Å². The first-order valence-corrected chi connectivity index (χ1v) is 8.43. The molecule has 134 valence electrons. The van der Waals surface area contributed by atoms with Crippen molar-refractivity contribution in [3.63, 3.8) is 0 Å². The molecular weight excluding hydrogens is 330 g/mol. The van der Waals surface area contributed by atoms with Crippen molar-refractivity contribution in [2.24, 2.45) is 0 Å². The summed E-state index contributed by atoms with van der Waals surface area (Å²) in [7, 11) is 1.79. The Labute approximate surface area is 151 Å². The number of aromatic nitrogens is 3. The molecule has 0 aliphatic heterocycles. The molecule has 3 rings (SSSR count). The highest BCUT2D eigenvalue weighted by Gasteiger charge is 2.08. The first-order valence-electron chi connectivity index (χ1n) is 8.43. The van der Waals surface area contributed by atoms with Gasteiger partial charge in [-0.1, -0.05) is 6.92 Å². The van der Waals surface area contributed by atoms with Crippen LogP contribution in [0, 0.1) is 0 Å². The first-order chi connectivity index (χ1) is 12.6. The Bertz CT molecular complexity index is 962. The van der Waals surface area contributed by atoms with E-state index >= 15 is 0 Å². The van der Waals surface area contributed by atoms with E-state index in [1.54, 1.807) is 13.1 Å². The Balaban J connectivity index is 1.99. The molecule has 1 aromatic carbocycles. The van der Waals surface area contributed by atoms with E-state index in [2.05, 4.69) is 27.5 Å². The predicted molar refractivity (Wildman–Crippen MR) is 104 cm³/mol. The molecule has 3 aromatic rings. The molecule has 3 N–H and O–H groups in total. The molecule has 7 heteroatoms. The second kappa shape index (κ2) is 7.69. The molecule has 0 aliphatic rings. The van der Waals surface area contributed by atoms with E-state index in [-0.39, 0.29) is 0 Å². The number of rotatable bonds is 7. The summed E-state index contributed by atoms with van der Waals surface area (Å²) in [5.41, 5.74) is 2.59. The van der Waals surface area contributed by atoms with Crippen molar-refractivity contribution in [3.05, 3.63) is 48.3 Å². The minimum absolute atomic E-state index is 0.561. The van der Waals surface area contributed by atoms with Gasteiger partial charge in [-0.25, -0.2) is 9.78 Å². The zero-order valence-electron chi connectivity index (χ0n) is 14.7. The van der Waals surface area contributed by atoms with Crippen LogP contribution in [-0.4, -0.2) is 39.2 Å². The number of aliphatic carboxylic acids is 1. The molecule has 0 bridgehead atoms. The molecule has 0 fully saturated rings. The number of hydrogen-bond acceptors (Lipinski definition) is 5. The molecule has 0 spiro atoms. The molecule has 2 aromatic heterocycles. The van der Waals surface area contributed by atoms with Gasteiger partial charge in [-0.05, 0) is 42.3 Å². The molecular formula is C19H21N5O2. The van der Waals surface area contributed by atoms with Crippen LogP contribution < -0.4 is 10.6 Å². The highest BCUT2D eigenvalue weighted by Crippen LogP contribution is 2.25. The smallest absolute Gasteiger partial charge is 0.328 e. The molecule has 0 saturated carbocycles. The van der Waals surface area contributed by atoms with Crippen LogP contribution in [0.15, 0.2) is 42.7 Å². The van der Waals surface area contributed by atoms with Gasteiger partial charge in [0, 0.05) is 43.1 Å². The molecule has 2 heterocycles. The van der Waals surface area contributed by atoms with Gasteiger partial charge >= 0.3 is 5.97 Å². The fourth-order valence-electron chi connectivity index (χ4n) is 2.61. The average Bonchev–Trinajstić information content (AvgIpc) is 3.12. The number of anilines is 2. The van der Waals surface area contributed by atoms with Crippen LogP contribution in [0.25, 0.3) is 22.7 Å². The van der Waals surface area contributed by atoms with Crippen molar-refractivity contribution in [2.75, 3.05) is 24.2 Å². The number of nitrogens with zero attached hydrogens (tertiary/aromatic N) is 3. The van der Waals surface area contributed by atoms with Crippen LogP contribution in [-0.2, 0) is 4.79 Å². The molecule has 0 unspecified atom stereocenters. The van der Waals surface area contributed by atoms with Gasteiger partial charge in [0.25, 0.3) is 0 Å². The van der Waals surface area contributed by atoms with E-state index in [9.17, 15) is 4.79 Å². The Morgan fingerprint density at radius 3 is 2.88 bits per heavy atom. The number of carbonyl (C=O) groups is 1. The van der Waals surface area contributed by atoms with Crippen LogP contribution >= 0.6 is 0 Å². The van der Waals surface area contributed by atoms with E-state index < -0.39 is 5.97 Å². The van der Waals surface area contributed by atoms with Crippen molar-refractivity contribution in [3.8, 4) is 5.69 Å². The van der Waals surface area contributed by atoms with E-state index in [1.807, 2.05) is 41.2 Å². The molecule has 7 nitrogen and oxygen atoms in total. The van der Waals surface area contributed by atoms with Gasteiger partial charge in [0.1, 0.15) is 5.82 Å². The lowest BCUT2D eigenvalue weighted by molar-refractivity contribution is -0.131. The lowest BCUT2D eigenvalue weighted by atomic mass is 10.2. The monoisotopic (exact) mass is 351 g/mol. The van der Waals surface area contributed by atoms with Crippen molar-refractivity contribution in [2.45, 2.75) is 13.3 Å². The normalized spacial score (nSPS) is 11.2. The zero-order valence-corrected chi connectivity index (χ0v) is 14.7. The number of carboxylic acids is 1. The molecule has 0 amide bonds. The summed E-state index contributed by atoms with van der Waals surface area (Å²) in [5.74, 6) is 0.406. The van der Waals surface area contributed by atoms with E-state index in [0.29, 0.717) is 5.95 Å². The van der Waals surface area contributed by atoms with Gasteiger partial charge in [-0.2, -0.15) is 4.98 Å². The standard InChI is InChI=1S/C19H21N5O2/c1-3-9-21-18-15-6-5-14(11-16(15)22-19(20-2)23-18)24-10-8-13(12-24)4-7-17(25)26/h4-8,10-12H,3,9H2,1-2H3,(H,25,26)(H2,20,21,22,23)/b7-4+. The third kappa shape index (κ3) is 3.83. The highest BCUT2D eigenvalue weighted by molar-refractivity contribution is 5.91. The summed E-state index contributed by atoms with van der Waals surface area (Å²) in [6.07, 6.45) is 7.46. The van der Waals surface area contributed by atoms with Crippen LogP contribution in [0.5, 0.6) is 0 Å². The summed E-state index contributed by atoms with van der Waals surface area (Å²) in [6.45, 7) is 2.95. The predicted octanol–water partition coefficient (Wildman–Crippen LogP) is 3.38.